The van der Waals surface area contributed by atoms with Crippen molar-refractivity contribution in [2.24, 2.45) is 0 Å². The molecule has 0 aromatic carbocycles. The number of likely N-dealkylation sites (tertiary alicyclic amines) is 1. The highest BCUT2D eigenvalue weighted by molar-refractivity contribution is 7.15. The Bertz CT molecular complexity index is 440. The summed E-state index contributed by atoms with van der Waals surface area (Å²) in [5.41, 5.74) is 0.986. The van der Waals surface area contributed by atoms with E-state index in [1.54, 1.807) is 11.3 Å². The molecule has 2 fully saturated rings. The fourth-order valence-electron chi connectivity index (χ4n) is 3.24. The molecular formula is C14H23N3OS. The van der Waals surface area contributed by atoms with Gasteiger partial charge in [-0.2, -0.15) is 0 Å². The molecule has 0 amide bonds. The van der Waals surface area contributed by atoms with Gasteiger partial charge in [-0.05, 0) is 46.2 Å². The van der Waals surface area contributed by atoms with E-state index in [-0.39, 0.29) is 0 Å². The SMILES string of the molecule is Cc1nc(N2CCC(N3CCCC3)C2)sc1C(C)O. The largest absolute Gasteiger partial charge is 0.388 e. The van der Waals surface area contributed by atoms with E-state index in [9.17, 15) is 5.11 Å². The van der Waals surface area contributed by atoms with Crippen molar-refractivity contribution < 1.29 is 5.11 Å². The number of aliphatic hydroxyl groups excluding tert-OH is 1. The zero-order chi connectivity index (χ0) is 13.4. The number of aromatic nitrogens is 1. The Balaban J connectivity index is 1.68. The number of aliphatic hydroxyl groups is 1. The predicted molar refractivity (Wildman–Crippen MR) is 78.9 cm³/mol. The molecule has 5 heteroatoms. The van der Waals surface area contributed by atoms with E-state index in [4.69, 9.17) is 0 Å². The maximum atomic E-state index is 9.73. The minimum Gasteiger partial charge on any atom is -0.388 e. The van der Waals surface area contributed by atoms with E-state index in [0.717, 1.165) is 28.8 Å². The topological polar surface area (TPSA) is 39.6 Å². The lowest BCUT2D eigenvalue weighted by Crippen LogP contribution is -2.35. The third kappa shape index (κ3) is 2.64. The van der Waals surface area contributed by atoms with E-state index in [1.807, 2.05) is 13.8 Å². The van der Waals surface area contributed by atoms with Crippen LogP contribution in [0.4, 0.5) is 5.13 Å². The first-order valence-corrected chi connectivity index (χ1v) is 8.11. The highest BCUT2D eigenvalue weighted by Gasteiger charge is 2.31. The molecule has 2 aliphatic rings. The van der Waals surface area contributed by atoms with Gasteiger partial charge in [0, 0.05) is 19.1 Å². The number of hydrogen-bond donors (Lipinski definition) is 1. The van der Waals surface area contributed by atoms with Crippen LogP contribution in [0.5, 0.6) is 0 Å². The van der Waals surface area contributed by atoms with Gasteiger partial charge in [0.05, 0.1) is 16.7 Å². The van der Waals surface area contributed by atoms with Crippen LogP contribution < -0.4 is 4.90 Å². The van der Waals surface area contributed by atoms with Crippen LogP contribution >= 0.6 is 11.3 Å². The van der Waals surface area contributed by atoms with Gasteiger partial charge in [-0.25, -0.2) is 4.98 Å². The van der Waals surface area contributed by atoms with E-state index >= 15 is 0 Å². The van der Waals surface area contributed by atoms with Gasteiger partial charge in [-0.1, -0.05) is 11.3 Å². The molecule has 0 spiro atoms. The van der Waals surface area contributed by atoms with Crippen molar-refractivity contribution in [2.45, 2.75) is 45.3 Å². The molecule has 0 aliphatic carbocycles. The number of aryl methyl sites for hydroxylation is 1. The molecule has 3 rings (SSSR count). The molecule has 1 aromatic heterocycles. The molecule has 2 unspecified atom stereocenters. The number of thiazole rings is 1. The van der Waals surface area contributed by atoms with Crippen LogP contribution in [0.2, 0.25) is 0 Å². The number of hydrogen-bond acceptors (Lipinski definition) is 5. The summed E-state index contributed by atoms with van der Waals surface area (Å²) in [6.07, 6.45) is 3.57. The smallest absolute Gasteiger partial charge is 0.185 e. The molecule has 4 nitrogen and oxygen atoms in total. The van der Waals surface area contributed by atoms with Gasteiger partial charge in [-0.15, -0.1) is 0 Å². The molecule has 3 heterocycles. The summed E-state index contributed by atoms with van der Waals surface area (Å²) in [6, 6.07) is 0.710. The lowest BCUT2D eigenvalue weighted by atomic mass is 10.2. The van der Waals surface area contributed by atoms with Crippen molar-refractivity contribution in [3.63, 3.8) is 0 Å². The average Bonchev–Trinajstić information content (AvgIpc) is 3.08. The minimum absolute atomic E-state index is 0.400. The molecule has 1 aromatic rings. The first kappa shape index (κ1) is 13.3. The molecule has 0 bridgehead atoms. The van der Waals surface area contributed by atoms with Crippen LogP contribution in [-0.2, 0) is 0 Å². The second kappa shape index (κ2) is 5.38. The van der Waals surface area contributed by atoms with E-state index in [2.05, 4.69) is 14.8 Å². The zero-order valence-corrected chi connectivity index (χ0v) is 12.6. The Morgan fingerprint density at radius 1 is 1.32 bits per heavy atom. The lowest BCUT2D eigenvalue weighted by Gasteiger charge is -2.23. The van der Waals surface area contributed by atoms with E-state index < -0.39 is 6.10 Å². The van der Waals surface area contributed by atoms with Crippen LogP contribution in [-0.4, -0.2) is 47.2 Å². The Labute approximate surface area is 119 Å². The maximum Gasteiger partial charge on any atom is 0.185 e. The third-order valence-electron chi connectivity index (χ3n) is 4.29. The minimum atomic E-state index is -0.400. The molecule has 0 saturated carbocycles. The quantitative estimate of drug-likeness (QED) is 0.922. The molecule has 2 aliphatic heterocycles. The summed E-state index contributed by atoms with van der Waals surface area (Å²) in [7, 11) is 0. The molecule has 2 saturated heterocycles. The fourth-order valence-corrected chi connectivity index (χ4v) is 4.27. The van der Waals surface area contributed by atoms with Crippen molar-refractivity contribution >= 4 is 16.5 Å². The number of rotatable bonds is 3. The van der Waals surface area contributed by atoms with Gasteiger partial charge >= 0.3 is 0 Å². The van der Waals surface area contributed by atoms with Gasteiger partial charge in [0.25, 0.3) is 0 Å². The summed E-state index contributed by atoms with van der Waals surface area (Å²) < 4.78 is 0. The van der Waals surface area contributed by atoms with E-state index in [1.165, 1.54) is 32.4 Å². The Kier molecular flexibility index (Phi) is 3.78. The van der Waals surface area contributed by atoms with Crippen LogP contribution in [0.25, 0.3) is 0 Å². The van der Waals surface area contributed by atoms with Crippen LogP contribution in [0.15, 0.2) is 0 Å². The van der Waals surface area contributed by atoms with Gasteiger partial charge in [0.15, 0.2) is 5.13 Å². The summed E-state index contributed by atoms with van der Waals surface area (Å²) in [5, 5.41) is 10.8. The lowest BCUT2D eigenvalue weighted by molar-refractivity contribution is 0.202. The second-order valence-electron chi connectivity index (χ2n) is 5.75. The molecular weight excluding hydrogens is 258 g/mol. The third-order valence-corrected chi connectivity index (χ3v) is 5.68. The molecule has 106 valence electrons. The number of nitrogens with zero attached hydrogens (tertiary/aromatic N) is 3. The Morgan fingerprint density at radius 3 is 2.68 bits per heavy atom. The van der Waals surface area contributed by atoms with Gasteiger partial charge in [-0.3, -0.25) is 4.90 Å². The molecule has 2 atom stereocenters. The normalized spacial score (nSPS) is 26.3. The first-order valence-electron chi connectivity index (χ1n) is 7.29. The molecule has 0 radical (unpaired) electrons. The predicted octanol–water partition coefficient (Wildman–Crippen LogP) is 2.18. The highest BCUT2D eigenvalue weighted by atomic mass is 32.1. The first-order chi connectivity index (χ1) is 9.15. The van der Waals surface area contributed by atoms with Crippen LogP contribution in [0.3, 0.4) is 0 Å². The summed E-state index contributed by atoms with van der Waals surface area (Å²) in [5.74, 6) is 0. The van der Waals surface area contributed by atoms with Crippen LogP contribution in [0, 0.1) is 6.92 Å². The van der Waals surface area contributed by atoms with Crippen molar-refractivity contribution in [3.8, 4) is 0 Å². The number of anilines is 1. The Hall–Kier alpha value is -0.650. The van der Waals surface area contributed by atoms with Crippen LogP contribution in [0.1, 0.15) is 42.9 Å². The van der Waals surface area contributed by atoms with Crippen molar-refractivity contribution in [1.82, 2.24) is 9.88 Å². The molecule has 1 N–H and O–H groups in total. The maximum absolute atomic E-state index is 9.73. The standard InChI is InChI=1S/C14H23N3OS/c1-10-13(11(2)18)19-14(15-10)17-8-5-12(9-17)16-6-3-4-7-16/h11-12,18H,3-9H2,1-2H3. The summed E-state index contributed by atoms with van der Waals surface area (Å²) in [4.78, 5) is 10.7. The van der Waals surface area contributed by atoms with E-state index in [0.29, 0.717) is 6.04 Å². The van der Waals surface area contributed by atoms with Gasteiger partial charge in [0.1, 0.15) is 0 Å². The van der Waals surface area contributed by atoms with Gasteiger partial charge < -0.3 is 10.0 Å². The second-order valence-corrected chi connectivity index (χ2v) is 6.76. The zero-order valence-electron chi connectivity index (χ0n) is 11.8. The van der Waals surface area contributed by atoms with Crippen molar-refractivity contribution in [2.75, 3.05) is 31.1 Å². The van der Waals surface area contributed by atoms with Gasteiger partial charge in [0.2, 0.25) is 0 Å². The molecule has 19 heavy (non-hydrogen) atoms. The Morgan fingerprint density at radius 2 is 2.05 bits per heavy atom. The summed E-state index contributed by atoms with van der Waals surface area (Å²) in [6.45, 7) is 8.57. The van der Waals surface area contributed by atoms with Crippen molar-refractivity contribution in [3.05, 3.63) is 10.6 Å². The fraction of sp³-hybridized carbons (Fsp3) is 0.786. The van der Waals surface area contributed by atoms with Crippen molar-refractivity contribution in [1.29, 1.82) is 0 Å². The highest BCUT2D eigenvalue weighted by Crippen LogP contribution is 2.33. The monoisotopic (exact) mass is 281 g/mol. The summed E-state index contributed by atoms with van der Waals surface area (Å²) >= 11 is 1.66. The average molecular weight is 281 g/mol.